The number of rotatable bonds is 3. The van der Waals surface area contributed by atoms with Crippen molar-refractivity contribution in [2.24, 2.45) is 11.7 Å². The second kappa shape index (κ2) is 5.21. The smallest absolute Gasteiger partial charge is 0.327 e. The van der Waals surface area contributed by atoms with Gasteiger partial charge in [-0.05, 0) is 12.0 Å². The van der Waals surface area contributed by atoms with E-state index in [9.17, 15) is 13.2 Å². The average Bonchev–Trinajstić information content (AvgIpc) is 2.71. The normalized spacial score (nSPS) is 14.2. The topological polar surface area (TPSA) is 56.2 Å². The first-order chi connectivity index (χ1) is 9.20. The summed E-state index contributed by atoms with van der Waals surface area (Å²) in [7, 11) is 0. The number of pyridine rings is 1. The number of fused-ring (bicyclic) bond motifs is 1. The molecule has 8 heteroatoms. The Balaban J connectivity index is 2.50. The maximum atomic E-state index is 12.8. The van der Waals surface area contributed by atoms with E-state index in [1.807, 2.05) is 13.8 Å². The highest BCUT2D eigenvalue weighted by molar-refractivity contribution is 6.33. The van der Waals surface area contributed by atoms with Gasteiger partial charge in [0.2, 0.25) is 0 Å². The van der Waals surface area contributed by atoms with E-state index in [2.05, 4.69) is 10.2 Å². The van der Waals surface area contributed by atoms with E-state index in [-0.39, 0.29) is 22.6 Å². The molecular weight excluding hydrogens is 293 g/mol. The number of alkyl halides is 3. The van der Waals surface area contributed by atoms with Gasteiger partial charge in [0.05, 0.1) is 10.6 Å². The molecule has 1 unspecified atom stereocenters. The SMILES string of the molecule is CC(C)C(N)Cc1nnc2c(Cl)cc(C(F)(F)F)cn12. The Morgan fingerprint density at radius 3 is 2.55 bits per heavy atom. The van der Waals surface area contributed by atoms with E-state index in [4.69, 9.17) is 17.3 Å². The molecule has 0 spiro atoms. The van der Waals surface area contributed by atoms with Crippen molar-refractivity contribution in [2.75, 3.05) is 0 Å². The Hall–Kier alpha value is -1.34. The van der Waals surface area contributed by atoms with Crippen molar-refractivity contribution in [2.45, 2.75) is 32.5 Å². The molecule has 4 nitrogen and oxygen atoms in total. The van der Waals surface area contributed by atoms with E-state index >= 15 is 0 Å². The predicted molar refractivity (Wildman–Crippen MR) is 69.5 cm³/mol. The number of halogens is 4. The Morgan fingerprint density at radius 1 is 1.35 bits per heavy atom. The third-order valence-electron chi connectivity index (χ3n) is 3.13. The van der Waals surface area contributed by atoms with Gasteiger partial charge in [0.1, 0.15) is 5.82 Å². The fourth-order valence-corrected chi connectivity index (χ4v) is 1.99. The van der Waals surface area contributed by atoms with Crippen molar-refractivity contribution in [3.8, 4) is 0 Å². The molecule has 0 aliphatic rings. The van der Waals surface area contributed by atoms with Gasteiger partial charge in [-0.2, -0.15) is 13.2 Å². The summed E-state index contributed by atoms with van der Waals surface area (Å²) in [5.41, 5.74) is 5.29. The van der Waals surface area contributed by atoms with Crippen molar-refractivity contribution in [1.29, 1.82) is 0 Å². The molecule has 0 bridgehead atoms. The molecule has 2 aromatic rings. The molecular formula is C12H14ClF3N4. The highest BCUT2D eigenvalue weighted by Crippen LogP contribution is 2.32. The molecule has 0 aliphatic carbocycles. The van der Waals surface area contributed by atoms with Crippen LogP contribution < -0.4 is 5.73 Å². The van der Waals surface area contributed by atoms with Crippen molar-refractivity contribution in [3.63, 3.8) is 0 Å². The Labute approximate surface area is 118 Å². The molecule has 0 fully saturated rings. The zero-order valence-electron chi connectivity index (χ0n) is 10.9. The second-order valence-electron chi connectivity index (χ2n) is 5.00. The van der Waals surface area contributed by atoms with Gasteiger partial charge in [-0.3, -0.25) is 4.40 Å². The Morgan fingerprint density at radius 2 is 2.00 bits per heavy atom. The van der Waals surface area contributed by atoms with E-state index in [0.717, 1.165) is 12.3 Å². The van der Waals surface area contributed by atoms with Crippen molar-refractivity contribution < 1.29 is 13.2 Å². The lowest BCUT2D eigenvalue weighted by molar-refractivity contribution is -0.137. The van der Waals surface area contributed by atoms with Crippen LogP contribution in [-0.4, -0.2) is 20.6 Å². The van der Waals surface area contributed by atoms with Crippen LogP contribution in [0.3, 0.4) is 0 Å². The van der Waals surface area contributed by atoms with Crippen molar-refractivity contribution in [3.05, 3.63) is 28.7 Å². The zero-order chi connectivity index (χ0) is 15.1. The molecule has 0 saturated carbocycles. The first kappa shape index (κ1) is 15.1. The van der Waals surface area contributed by atoms with Gasteiger partial charge in [-0.15, -0.1) is 10.2 Å². The van der Waals surface area contributed by atoms with Crippen LogP contribution in [-0.2, 0) is 12.6 Å². The van der Waals surface area contributed by atoms with Gasteiger partial charge in [-0.25, -0.2) is 0 Å². The molecule has 0 radical (unpaired) electrons. The van der Waals surface area contributed by atoms with E-state index < -0.39 is 11.7 Å². The Kier molecular flexibility index (Phi) is 3.93. The van der Waals surface area contributed by atoms with Gasteiger partial charge in [0, 0.05) is 18.7 Å². The molecule has 1 atom stereocenters. The van der Waals surface area contributed by atoms with Gasteiger partial charge < -0.3 is 5.73 Å². The maximum Gasteiger partial charge on any atom is 0.417 e. The minimum absolute atomic E-state index is 0.0864. The summed E-state index contributed by atoms with van der Waals surface area (Å²) in [6, 6.07) is 0.633. The molecule has 110 valence electrons. The van der Waals surface area contributed by atoms with Crippen LogP contribution >= 0.6 is 11.6 Å². The maximum absolute atomic E-state index is 12.8. The molecule has 0 aliphatic heterocycles. The van der Waals surface area contributed by atoms with Crippen LogP contribution in [0.5, 0.6) is 0 Å². The summed E-state index contributed by atoms with van der Waals surface area (Å²) in [5, 5.41) is 7.61. The summed E-state index contributed by atoms with van der Waals surface area (Å²) in [4.78, 5) is 0. The Bertz CT molecular complexity index is 621. The van der Waals surface area contributed by atoms with Crippen LogP contribution in [0, 0.1) is 5.92 Å². The van der Waals surface area contributed by atoms with Gasteiger partial charge in [0.15, 0.2) is 5.65 Å². The van der Waals surface area contributed by atoms with Crippen LogP contribution in [0.4, 0.5) is 13.2 Å². The molecule has 20 heavy (non-hydrogen) atoms. The van der Waals surface area contributed by atoms with E-state index in [1.165, 1.54) is 4.40 Å². The van der Waals surface area contributed by atoms with Gasteiger partial charge in [-0.1, -0.05) is 25.4 Å². The highest BCUT2D eigenvalue weighted by atomic mass is 35.5. The van der Waals surface area contributed by atoms with E-state index in [1.54, 1.807) is 0 Å². The lowest BCUT2D eigenvalue weighted by Gasteiger charge is -2.14. The monoisotopic (exact) mass is 306 g/mol. The molecule has 0 amide bonds. The molecule has 0 saturated heterocycles. The summed E-state index contributed by atoms with van der Waals surface area (Å²) in [6.45, 7) is 3.87. The van der Waals surface area contributed by atoms with Crippen molar-refractivity contribution >= 4 is 17.2 Å². The zero-order valence-corrected chi connectivity index (χ0v) is 11.7. The van der Waals surface area contributed by atoms with Crippen molar-refractivity contribution in [1.82, 2.24) is 14.6 Å². The first-order valence-electron chi connectivity index (χ1n) is 6.06. The first-order valence-corrected chi connectivity index (χ1v) is 6.44. The standard InChI is InChI=1S/C12H14ClF3N4/c1-6(2)9(17)4-10-18-19-11-8(13)3-7(5-20(10)11)12(14,15)16/h3,5-6,9H,4,17H2,1-2H3. The number of hydrogen-bond acceptors (Lipinski definition) is 3. The third kappa shape index (κ3) is 2.88. The molecule has 2 heterocycles. The van der Waals surface area contributed by atoms with Gasteiger partial charge >= 0.3 is 6.18 Å². The minimum atomic E-state index is -4.47. The lowest BCUT2D eigenvalue weighted by atomic mass is 10.0. The fourth-order valence-electron chi connectivity index (χ4n) is 1.74. The number of nitrogens with two attached hydrogens (primary N) is 1. The summed E-state index contributed by atoms with van der Waals surface area (Å²) in [6.07, 6.45) is -3.19. The highest BCUT2D eigenvalue weighted by Gasteiger charge is 2.32. The average molecular weight is 307 g/mol. The summed E-state index contributed by atoms with van der Waals surface area (Å²) >= 11 is 5.83. The van der Waals surface area contributed by atoms with Crippen LogP contribution in [0.25, 0.3) is 5.65 Å². The van der Waals surface area contributed by atoms with Crippen LogP contribution in [0.2, 0.25) is 5.02 Å². The van der Waals surface area contributed by atoms with E-state index in [0.29, 0.717) is 12.2 Å². The molecule has 2 rings (SSSR count). The second-order valence-corrected chi connectivity index (χ2v) is 5.40. The lowest BCUT2D eigenvalue weighted by Crippen LogP contribution is -2.29. The van der Waals surface area contributed by atoms with Crippen LogP contribution in [0.15, 0.2) is 12.3 Å². The number of nitrogens with zero attached hydrogens (tertiary/aromatic N) is 3. The number of aromatic nitrogens is 3. The van der Waals surface area contributed by atoms with Crippen LogP contribution in [0.1, 0.15) is 25.2 Å². The molecule has 2 aromatic heterocycles. The predicted octanol–water partition coefficient (Wildman–Crippen LogP) is 2.93. The summed E-state index contributed by atoms with van der Waals surface area (Å²) in [5.74, 6) is 0.554. The summed E-state index contributed by atoms with van der Waals surface area (Å²) < 4.78 is 39.6. The quantitative estimate of drug-likeness (QED) is 0.948. The molecule has 2 N–H and O–H groups in total. The van der Waals surface area contributed by atoms with Gasteiger partial charge in [0.25, 0.3) is 0 Å². The third-order valence-corrected chi connectivity index (χ3v) is 3.41. The number of hydrogen-bond donors (Lipinski definition) is 1. The minimum Gasteiger partial charge on any atom is -0.327 e. The fraction of sp³-hybridized carbons (Fsp3) is 0.500. The molecule has 0 aromatic carbocycles. The largest absolute Gasteiger partial charge is 0.417 e.